The van der Waals surface area contributed by atoms with Crippen LogP contribution in [0.25, 0.3) is 0 Å². The Labute approximate surface area is 185 Å². The summed E-state index contributed by atoms with van der Waals surface area (Å²) in [5.74, 6) is 1.02. The highest BCUT2D eigenvalue weighted by atomic mass is 32.2. The molecule has 8 heteroatoms. The van der Waals surface area contributed by atoms with E-state index in [-0.39, 0.29) is 17.7 Å². The predicted octanol–water partition coefficient (Wildman–Crippen LogP) is 3.00. The highest BCUT2D eigenvalue weighted by molar-refractivity contribution is 7.98. The first-order valence-corrected chi connectivity index (χ1v) is 11.7. The second kappa shape index (κ2) is 9.43. The molecule has 31 heavy (non-hydrogen) atoms. The van der Waals surface area contributed by atoms with Crippen molar-refractivity contribution in [1.82, 2.24) is 5.32 Å². The molecule has 2 heterocycles. The Balaban J connectivity index is 1.38. The van der Waals surface area contributed by atoms with Crippen molar-refractivity contribution in [1.29, 1.82) is 0 Å². The van der Waals surface area contributed by atoms with Crippen molar-refractivity contribution in [2.45, 2.75) is 31.7 Å². The fraction of sp³-hybridized carbons (Fsp3) is 0.348. The van der Waals surface area contributed by atoms with Gasteiger partial charge in [0.2, 0.25) is 11.8 Å². The van der Waals surface area contributed by atoms with Crippen LogP contribution in [-0.4, -0.2) is 42.4 Å². The summed E-state index contributed by atoms with van der Waals surface area (Å²) in [6.45, 7) is 0.712. The number of ether oxygens (including phenoxy) is 1. The van der Waals surface area contributed by atoms with Gasteiger partial charge in [-0.05, 0) is 60.2 Å². The molecule has 0 spiro atoms. The van der Waals surface area contributed by atoms with Crippen molar-refractivity contribution in [3.63, 3.8) is 0 Å². The Bertz CT molecular complexity index is 1020. The first-order chi connectivity index (χ1) is 15.0. The van der Waals surface area contributed by atoms with Gasteiger partial charge in [0.25, 0.3) is 5.91 Å². The summed E-state index contributed by atoms with van der Waals surface area (Å²) in [6, 6.07) is 10.4. The lowest BCUT2D eigenvalue weighted by Crippen LogP contribution is -2.41. The molecule has 2 aliphatic rings. The van der Waals surface area contributed by atoms with Crippen molar-refractivity contribution >= 4 is 40.9 Å². The lowest BCUT2D eigenvalue weighted by molar-refractivity contribution is -0.118. The molecule has 3 N–H and O–H groups in total. The molecule has 0 saturated heterocycles. The van der Waals surface area contributed by atoms with Crippen LogP contribution in [0.4, 0.5) is 11.4 Å². The molecular formula is C23H25N3O4S. The van der Waals surface area contributed by atoms with Crippen LogP contribution >= 0.6 is 11.8 Å². The Morgan fingerprint density at radius 1 is 1.23 bits per heavy atom. The summed E-state index contributed by atoms with van der Waals surface area (Å²) in [5, 5.41) is 8.44. The third-order valence-corrected chi connectivity index (χ3v) is 6.08. The molecule has 3 amide bonds. The highest BCUT2D eigenvalue weighted by Gasteiger charge is 2.27. The minimum Gasteiger partial charge on any atom is -0.493 e. The zero-order valence-electron chi connectivity index (χ0n) is 17.3. The molecule has 2 aliphatic heterocycles. The molecule has 0 radical (unpaired) electrons. The van der Waals surface area contributed by atoms with Crippen molar-refractivity contribution in [2.24, 2.45) is 0 Å². The standard InChI is InChI=1S/C23H25N3O4S/c1-31-11-9-19-23(29)25-18-5-4-16(13-17(18)22(28)26-19)24-21(27)7-3-14-2-6-20-15(12-14)8-10-30-20/h2,4-6,12-13,19H,3,7-11H2,1H3,(H,24,27)(H,25,29)(H,26,28)/t19-/m1/s1. The largest absolute Gasteiger partial charge is 0.493 e. The summed E-state index contributed by atoms with van der Waals surface area (Å²) in [6.07, 6.45) is 4.37. The van der Waals surface area contributed by atoms with E-state index in [9.17, 15) is 14.4 Å². The van der Waals surface area contributed by atoms with Gasteiger partial charge in [-0.25, -0.2) is 0 Å². The van der Waals surface area contributed by atoms with Gasteiger partial charge in [0.15, 0.2) is 0 Å². The zero-order valence-corrected chi connectivity index (χ0v) is 18.1. The molecule has 0 unspecified atom stereocenters. The number of carbonyl (C=O) groups excluding carboxylic acids is 3. The molecule has 0 saturated carbocycles. The van der Waals surface area contributed by atoms with Crippen molar-refractivity contribution in [3.8, 4) is 5.75 Å². The van der Waals surface area contributed by atoms with Gasteiger partial charge in [-0.1, -0.05) is 12.1 Å². The van der Waals surface area contributed by atoms with E-state index >= 15 is 0 Å². The number of aryl methyl sites for hydroxylation is 1. The molecule has 7 nitrogen and oxygen atoms in total. The average molecular weight is 440 g/mol. The maximum Gasteiger partial charge on any atom is 0.254 e. The molecular weight excluding hydrogens is 414 g/mol. The normalized spacial score (nSPS) is 17.0. The maximum atomic E-state index is 12.6. The number of fused-ring (bicyclic) bond motifs is 2. The summed E-state index contributed by atoms with van der Waals surface area (Å²) < 4.78 is 5.51. The minimum absolute atomic E-state index is 0.132. The van der Waals surface area contributed by atoms with Gasteiger partial charge in [0.05, 0.1) is 17.9 Å². The van der Waals surface area contributed by atoms with Gasteiger partial charge in [-0.3, -0.25) is 14.4 Å². The molecule has 162 valence electrons. The third kappa shape index (κ3) is 5.02. The summed E-state index contributed by atoms with van der Waals surface area (Å²) >= 11 is 1.62. The first kappa shape index (κ1) is 21.2. The lowest BCUT2D eigenvalue weighted by atomic mass is 10.0. The second-order valence-corrected chi connectivity index (χ2v) is 8.63. The number of anilines is 2. The number of nitrogens with one attached hydrogen (secondary N) is 3. The number of thioether (sulfide) groups is 1. The molecule has 0 bridgehead atoms. The molecule has 4 rings (SSSR count). The average Bonchev–Trinajstić information content (AvgIpc) is 3.19. The number of hydrogen-bond donors (Lipinski definition) is 3. The fourth-order valence-electron chi connectivity index (χ4n) is 3.76. The number of benzene rings is 2. The van der Waals surface area contributed by atoms with Crippen molar-refractivity contribution in [2.75, 3.05) is 29.2 Å². The molecule has 2 aromatic rings. The smallest absolute Gasteiger partial charge is 0.254 e. The van der Waals surface area contributed by atoms with Gasteiger partial charge in [0, 0.05) is 18.5 Å². The molecule has 0 fully saturated rings. The van der Waals surface area contributed by atoms with E-state index in [1.807, 2.05) is 18.4 Å². The van der Waals surface area contributed by atoms with Gasteiger partial charge in [0.1, 0.15) is 11.8 Å². The van der Waals surface area contributed by atoms with E-state index in [0.717, 1.165) is 23.5 Å². The second-order valence-electron chi connectivity index (χ2n) is 7.65. The van der Waals surface area contributed by atoms with Crippen LogP contribution in [0.15, 0.2) is 36.4 Å². The quantitative estimate of drug-likeness (QED) is 0.616. The fourth-order valence-corrected chi connectivity index (χ4v) is 4.23. The van der Waals surface area contributed by atoms with E-state index in [0.29, 0.717) is 42.8 Å². The van der Waals surface area contributed by atoms with Crippen LogP contribution in [0.3, 0.4) is 0 Å². The maximum absolute atomic E-state index is 12.6. The summed E-state index contributed by atoms with van der Waals surface area (Å²) in [5.41, 5.74) is 3.61. The van der Waals surface area contributed by atoms with Crippen LogP contribution < -0.4 is 20.7 Å². The van der Waals surface area contributed by atoms with Crippen molar-refractivity contribution in [3.05, 3.63) is 53.1 Å². The van der Waals surface area contributed by atoms with Crippen LogP contribution in [0, 0.1) is 0 Å². The van der Waals surface area contributed by atoms with Gasteiger partial charge < -0.3 is 20.7 Å². The van der Waals surface area contributed by atoms with E-state index in [4.69, 9.17) is 4.74 Å². The Kier molecular flexibility index (Phi) is 6.46. The zero-order chi connectivity index (χ0) is 21.8. The number of carbonyl (C=O) groups is 3. The van der Waals surface area contributed by atoms with Crippen LogP contribution in [0.2, 0.25) is 0 Å². The Morgan fingerprint density at radius 3 is 2.94 bits per heavy atom. The van der Waals surface area contributed by atoms with E-state index in [2.05, 4.69) is 22.0 Å². The number of hydrogen-bond acceptors (Lipinski definition) is 5. The molecule has 0 aliphatic carbocycles. The lowest BCUT2D eigenvalue weighted by Gasteiger charge is -2.13. The first-order valence-electron chi connectivity index (χ1n) is 10.3. The van der Waals surface area contributed by atoms with E-state index in [1.165, 1.54) is 5.56 Å². The van der Waals surface area contributed by atoms with Crippen LogP contribution in [0.1, 0.15) is 34.3 Å². The summed E-state index contributed by atoms with van der Waals surface area (Å²) in [4.78, 5) is 37.5. The Morgan fingerprint density at radius 2 is 2.10 bits per heavy atom. The van der Waals surface area contributed by atoms with Crippen LogP contribution in [0.5, 0.6) is 5.75 Å². The SMILES string of the molecule is CSCC[C@H]1NC(=O)c2cc(NC(=O)CCc3ccc4c(c3)CCO4)ccc2NC1=O. The van der Waals surface area contributed by atoms with E-state index < -0.39 is 6.04 Å². The Hall–Kier alpha value is -3.00. The topological polar surface area (TPSA) is 96.5 Å². The van der Waals surface area contributed by atoms with Gasteiger partial charge >= 0.3 is 0 Å². The number of amides is 3. The monoisotopic (exact) mass is 439 g/mol. The molecule has 0 aromatic heterocycles. The van der Waals surface area contributed by atoms with Crippen molar-refractivity contribution < 1.29 is 19.1 Å². The summed E-state index contributed by atoms with van der Waals surface area (Å²) in [7, 11) is 0. The minimum atomic E-state index is -0.567. The van der Waals surface area contributed by atoms with E-state index in [1.54, 1.807) is 30.0 Å². The van der Waals surface area contributed by atoms with Gasteiger partial charge in [-0.2, -0.15) is 11.8 Å². The predicted molar refractivity (Wildman–Crippen MR) is 122 cm³/mol. The van der Waals surface area contributed by atoms with Gasteiger partial charge in [-0.15, -0.1) is 0 Å². The van der Waals surface area contributed by atoms with Crippen LogP contribution in [-0.2, 0) is 22.4 Å². The third-order valence-electron chi connectivity index (χ3n) is 5.43. The number of rotatable bonds is 7. The highest BCUT2D eigenvalue weighted by Crippen LogP contribution is 2.27. The molecule has 2 aromatic carbocycles. The molecule has 1 atom stereocenters.